The Morgan fingerprint density at radius 1 is 1.13 bits per heavy atom. The standard InChI is InChI=1S/C20H16ClN7O2S/c21-11-13-6-8-14(9-7-13)18(30)24-19-22-15(10-17(29)23-19)12-31-20-25-26-27-28(20)16-4-2-1-3-5-16/h1-10H,11-12H2,(H2,22,23,24,29,30). The van der Waals surface area contributed by atoms with Crippen molar-refractivity contribution in [2.75, 3.05) is 5.32 Å². The first-order chi connectivity index (χ1) is 15.1. The molecule has 4 aromatic rings. The smallest absolute Gasteiger partial charge is 0.257 e. The first kappa shape index (κ1) is 20.8. The van der Waals surface area contributed by atoms with Gasteiger partial charge >= 0.3 is 0 Å². The predicted octanol–water partition coefficient (Wildman–Crippen LogP) is 3.03. The van der Waals surface area contributed by atoms with Crippen LogP contribution >= 0.6 is 23.4 Å². The number of hydrogen-bond acceptors (Lipinski definition) is 7. The van der Waals surface area contributed by atoms with E-state index in [4.69, 9.17) is 11.6 Å². The van der Waals surface area contributed by atoms with E-state index in [-0.39, 0.29) is 17.4 Å². The number of carbonyl (C=O) groups excluding carboxylic acids is 1. The number of tetrazole rings is 1. The van der Waals surface area contributed by atoms with E-state index in [1.807, 2.05) is 30.3 Å². The molecule has 0 saturated heterocycles. The van der Waals surface area contributed by atoms with Crippen LogP contribution in [-0.4, -0.2) is 36.1 Å². The molecule has 0 fully saturated rings. The van der Waals surface area contributed by atoms with Crippen LogP contribution in [0.15, 0.2) is 70.6 Å². The molecule has 31 heavy (non-hydrogen) atoms. The molecule has 156 valence electrons. The summed E-state index contributed by atoms with van der Waals surface area (Å²) in [5, 5.41) is 14.9. The summed E-state index contributed by atoms with van der Waals surface area (Å²) in [5.41, 5.74) is 2.26. The topological polar surface area (TPSA) is 118 Å². The number of alkyl halides is 1. The Kier molecular flexibility index (Phi) is 6.39. The van der Waals surface area contributed by atoms with E-state index in [9.17, 15) is 9.59 Å². The van der Waals surface area contributed by atoms with Crippen LogP contribution in [0.2, 0.25) is 0 Å². The third-order valence-electron chi connectivity index (χ3n) is 4.19. The zero-order chi connectivity index (χ0) is 21.6. The van der Waals surface area contributed by atoms with Crippen LogP contribution < -0.4 is 10.9 Å². The number of rotatable bonds is 7. The Balaban J connectivity index is 1.47. The normalized spacial score (nSPS) is 10.7. The Hall–Kier alpha value is -3.50. The van der Waals surface area contributed by atoms with E-state index in [1.54, 1.807) is 28.9 Å². The maximum atomic E-state index is 12.4. The van der Waals surface area contributed by atoms with Crippen LogP contribution in [0.3, 0.4) is 0 Å². The van der Waals surface area contributed by atoms with Gasteiger partial charge < -0.3 is 0 Å². The van der Waals surface area contributed by atoms with E-state index < -0.39 is 0 Å². The van der Waals surface area contributed by atoms with Crippen molar-refractivity contribution in [1.29, 1.82) is 0 Å². The molecule has 0 aliphatic heterocycles. The second-order valence-electron chi connectivity index (χ2n) is 6.37. The first-order valence-corrected chi connectivity index (χ1v) is 10.7. The predicted molar refractivity (Wildman–Crippen MR) is 118 cm³/mol. The summed E-state index contributed by atoms with van der Waals surface area (Å²) in [5.74, 6) is 0.383. The van der Waals surface area contributed by atoms with Crippen molar-refractivity contribution in [2.24, 2.45) is 0 Å². The van der Waals surface area contributed by atoms with Gasteiger partial charge in [-0.15, -0.1) is 16.7 Å². The molecule has 9 nitrogen and oxygen atoms in total. The molecule has 4 rings (SSSR count). The van der Waals surface area contributed by atoms with Crippen LogP contribution in [0.25, 0.3) is 5.69 Å². The number of aromatic amines is 1. The second-order valence-corrected chi connectivity index (χ2v) is 7.58. The van der Waals surface area contributed by atoms with Crippen molar-refractivity contribution in [3.63, 3.8) is 0 Å². The first-order valence-electron chi connectivity index (χ1n) is 9.15. The van der Waals surface area contributed by atoms with Crippen LogP contribution in [0.5, 0.6) is 0 Å². The SMILES string of the molecule is O=C(Nc1nc(CSc2nnnn2-c2ccccc2)cc(=O)[nH]1)c1ccc(CCl)cc1. The highest BCUT2D eigenvalue weighted by Gasteiger charge is 2.12. The Bertz CT molecular complexity index is 1240. The number of para-hydroxylation sites is 1. The monoisotopic (exact) mass is 453 g/mol. The van der Waals surface area contributed by atoms with E-state index in [1.165, 1.54) is 17.8 Å². The lowest BCUT2D eigenvalue weighted by atomic mass is 10.1. The number of anilines is 1. The van der Waals surface area contributed by atoms with Gasteiger partial charge in [-0.3, -0.25) is 19.9 Å². The summed E-state index contributed by atoms with van der Waals surface area (Å²) < 4.78 is 1.60. The molecule has 0 aliphatic carbocycles. The van der Waals surface area contributed by atoms with Crippen molar-refractivity contribution in [3.05, 3.63) is 87.8 Å². The van der Waals surface area contributed by atoms with Gasteiger partial charge in [-0.05, 0) is 40.3 Å². The quantitative estimate of drug-likeness (QED) is 0.326. The van der Waals surface area contributed by atoms with Crippen LogP contribution in [0.4, 0.5) is 5.95 Å². The number of carbonyl (C=O) groups is 1. The lowest BCUT2D eigenvalue weighted by Crippen LogP contribution is -2.19. The maximum Gasteiger partial charge on any atom is 0.257 e. The molecular weight excluding hydrogens is 438 g/mol. The number of nitrogens with one attached hydrogen (secondary N) is 2. The van der Waals surface area contributed by atoms with E-state index in [2.05, 4.69) is 30.8 Å². The molecule has 2 N–H and O–H groups in total. The number of halogens is 1. The van der Waals surface area contributed by atoms with Gasteiger partial charge in [0.25, 0.3) is 11.5 Å². The molecule has 2 aromatic carbocycles. The third-order valence-corrected chi connectivity index (χ3v) is 5.45. The number of hydrogen-bond donors (Lipinski definition) is 2. The highest BCUT2D eigenvalue weighted by atomic mass is 35.5. The van der Waals surface area contributed by atoms with Crippen molar-refractivity contribution in [2.45, 2.75) is 16.8 Å². The van der Waals surface area contributed by atoms with Crippen LogP contribution in [-0.2, 0) is 11.6 Å². The van der Waals surface area contributed by atoms with Crippen LogP contribution in [0, 0.1) is 0 Å². The molecule has 2 aromatic heterocycles. The molecule has 11 heteroatoms. The van der Waals surface area contributed by atoms with E-state index >= 15 is 0 Å². The maximum absolute atomic E-state index is 12.4. The fourth-order valence-corrected chi connectivity index (χ4v) is 3.67. The van der Waals surface area contributed by atoms with Gasteiger partial charge in [0.15, 0.2) is 0 Å². The average molecular weight is 454 g/mol. The van der Waals surface area contributed by atoms with Crippen molar-refractivity contribution < 1.29 is 4.79 Å². The summed E-state index contributed by atoms with van der Waals surface area (Å²) in [4.78, 5) is 31.3. The van der Waals surface area contributed by atoms with Crippen molar-refractivity contribution >= 4 is 35.2 Å². The number of nitrogens with zero attached hydrogens (tertiary/aromatic N) is 5. The van der Waals surface area contributed by atoms with Crippen molar-refractivity contribution in [1.82, 2.24) is 30.2 Å². The van der Waals surface area contributed by atoms with Gasteiger partial charge in [0.1, 0.15) is 0 Å². The third kappa shape index (κ3) is 5.16. The molecule has 0 aliphatic rings. The molecule has 0 unspecified atom stereocenters. The van der Waals surface area contributed by atoms with Crippen molar-refractivity contribution in [3.8, 4) is 5.69 Å². The van der Waals surface area contributed by atoms with Gasteiger partial charge in [-0.25, -0.2) is 4.98 Å². The summed E-state index contributed by atoms with van der Waals surface area (Å²) in [6, 6.07) is 17.7. The molecule has 1 amide bonds. The number of H-pyrrole nitrogens is 1. The number of amides is 1. The summed E-state index contributed by atoms with van der Waals surface area (Å²) in [6.45, 7) is 0. The molecule has 0 radical (unpaired) electrons. The molecule has 0 bridgehead atoms. The van der Waals surface area contributed by atoms with E-state index in [0.717, 1.165) is 11.3 Å². The average Bonchev–Trinajstić information content (AvgIpc) is 3.27. The van der Waals surface area contributed by atoms with Gasteiger partial charge in [0, 0.05) is 23.3 Å². The highest BCUT2D eigenvalue weighted by Crippen LogP contribution is 2.21. The van der Waals surface area contributed by atoms with Gasteiger partial charge in [0.05, 0.1) is 11.4 Å². The Morgan fingerprint density at radius 3 is 2.65 bits per heavy atom. The zero-order valence-corrected chi connectivity index (χ0v) is 17.6. The lowest BCUT2D eigenvalue weighted by Gasteiger charge is -2.07. The van der Waals surface area contributed by atoms with E-state index in [0.29, 0.717) is 28.0 Å². The van der Waals surface area contributed by atoms with Gasteiger partial charge in [-0.2, -0.15) is 4.68 Å². The number of thioether (sulfide) groups is 1. The molecule has 2 heterocycles. The minimum absolute atomic E-state index is 0.0668. The largest absolute Gasteiger partial charge is 0.292 e. The zero-order valence-electron chi connectivity index (χ0n) is 16.0. The fraction of sp³-hybridized carbons (Fsp3) is 0.100. The molecule has 0 atom stereocenters. The minimum atomic E-state index is -0.387. The second kappa shape index (κ2) is 9.54. The van der Waals surface area contributed by atoms with Gasteiger partial charge in [-0.1, -0.05) is 42.1 Å². The highest BCUT2D eigenvalue weighted by molar-refractivity contribution is 7.98. The Morgan fingerprint density at radius 2 is 1.90 bits per heavy atom. The van der Waals surface area contributed by atoms with Crippen LogP contribution in [0.1, 0.15) is 21.6 Å². The minimum Gasteiger partial charge on any atom is -0.292 e. The molecule has 0 saturated carbocycles. The number of aromatic nitrogens is 6. The Labute approximate surface area is 185 Å². The summed E-state index contributed by atoms with van der Waals surface area (Å²) in [7, 11) is 0. The van der Waals surface area contributed by atoms with Gasteiger partial charge in [0.2, 0.25) is 11.1 Å². The number of benzene rings is 2. The fourth-order valence-electron chi connectivity index (χ4n) is 2.70. The molecular formula is C20H16ClN7O2S. The summed E-state index contributed by atoms with van der Waals surface area (Å²) >= 11 is 7.09. The summed E-state index contributed by atoms with van der Waals surface area (Å²) in [6.07, 6.45) is 0. The lowest BCUT2D eigenvalue weighted by molar-refractivity contribution is 0.102. The molecule has 0 spiro atoms.